The number of fused-ring (bicyclic) bond motifs is 1. The normalized spacial score (nSPS) is 22.0. The molecule has 54 heavy (non-hydrogen) atoms. The first-order valence-electron chi connectivity index (χ1n) is 18.0. The molecule has 1 aromatic carbocycles. The number of ether oxygens (including phenoxy) is 3. The largest absolute Gasteiger partial charge is 0.460 e. The lowest BCUT2D eigenvalue weighted by molar-refractivity contribution is -0.153. The lowest BCUT2D eigenvalue weighted by atomic mass is 9.72. The monoisotopic (exact) mass is 809 g/mol. The van der Waals surface area contributed by atoms with E-state index in [2.05, 4.69) is 16.1 Å². The van der Waals surface area contributed by atoms with Gasteiger partial charge in [0.05, 0.1) is 22.2 Å². The van der Waals surface area contributed by atoms with Crippen LogP contribution in [0.15, 0.2) is 36.4 Å². The Bertz CT molecular complexity index is 1750. The second-order valence-electron chi connectivity index (χ2n) is 14.9. The minimum Gasteiger partial charge on any atom is -0.460 e. The second kappa shape index (κ2) is 18.0. The highest BCUT2D eigenvalue weighted by atomic mass is 35.6. The number of hydrogen-bond donors (Lipinski definition) is 3. The first-order valence-corrected chi connectivity index (χ1v) is 19.2. The highest BCUT2D eigenvalue weighted by Gasteiger charge is 2.46. The summed E-state index contributed by atoms with van der Waals surface area (Å²) in [7, 11) is 0. The number of halogens is 3. The molecular weight excluding hydrogens is 761 g/mol. The number of esters is 2. The zero-order valence-electron chi connectivity index (χ0n) is 31.7. The van der Waals surface area contributed by atoms with Crippen LogP contribution in [0.25, 0.3) is 17.0 Å². The van der Waals surface area contributed by atoms with E-state index in [0.717, 1.165) is 10.9 Å². The molecule has 5 atom stereocenters. The molecule has 13 nitrogen and oxygen atoms in total. The maximum Gasteiger partial charge on any atom is 0.325 e. The molecule has 3 amide bonds. The highest BCUT2D eigenvalue weighted by Crippen LogP contribution is 2.41. The van der Waals surface area contributed by atoms with Crippen molar-refractivity contribution in [3.63, 3.8) is 0 Å². The molecule has 4 rings (SSSR count). The SMILES string of the molecule is CC(=O)O[C@H](C)c1ccc2ccc(/C=C/C3(C(=O)N[C@H](C(=O)N[C@@H](C)C(=O)N4CCC[C@@H](C(=O)OCC(Cl)(Cl)Cl)N4)C(C)C)CCOC(C)(C)C3)cc2n1. The Balaban J connectivity index is 1.49. The summed E-state index contributed by atoms with van der Waals surface area (Å²) in [6.45, 7) is 12.3. The molecule has 0 bridgehead atoms. The van der Waals surface area contributed by atoms with Gasteiger partial charge >= 0.3 is 11.9 Å². The zero-order valence-corrected chi connectivity index (χ0v) is 33.9. The van der Waals surface area contributed by atoms with Gasteiger partial charge in [0.15, 0.2) is 0 Å². The molecule has 0 spiro atoms. The van der Waals surface area contributed by atoms with Gasteiger partial charge in [-0.3, -0.25) is 29.0 Å². The van der Waals surface area contributed by atoms with Gasteiger partial charge in [0.25, 0.3) is 5.91 Å². The van der Waals surface area contributed by atoms with Crippen LogP contribution in [0.5, 0.6) is 0 Å². The molecule has 0 aliphatic carbocycles. The van der Waals surface area contributed by atoms with Gasteiger partial charge in [-0.25, -0.2) is 10.4 Å². The van der Waals surface area contributed by atoms with E-state index >= 15 is 0 Å². The third-order valence-corrected chi connectivity index (χ3v) is 9.73. The van der Waals surface area contributed by atoms with Crippen molar-refractivity contribution in [2.45, 2.75) is 108 Å². The lowest BCUT2D eigenvalue weighted by Crippen LogP contribution is -2.61. The van der Waals surface area contributed by atoms with E-state index < -0.39 is 69.4 Å². The minimum atomic E-state index is -1.77. The van der Waals surface area contributed by atoms with Crippen molar-refractivity contribution in [1.29, 1.82) is 0 Å². The van der Waals surface area contributed by atoms with Crippen molar-refractivity contribution in [3.05, 3.63) is 47.7 Å². The number of benzene rings is 1. The lowest BCUT2D eigenvalue weighted by Gasteiger charge is -2.43. The number of rotatable bonds is 12. The van der Waals surface area contributed by atoms with Gasteiger partial charge in [0.1, 0.15) is 30.8 Å². The standard InChI is InChI=1S/C38H50Cl3N5O8/c1-22(2)31(32(48)42-23(3)33(49)46-17-8-9-29(45-46)34(50)52-21-38(39,40)41)44-35(51)37(16-18-53-36(6,7)20-37)15-14-26-10-11-27-12-13-28(43-30(27)19-26)24(4)54-25(5)47/h10-15,19,22-24,29,31,45H,8-9,16-18,20-21H2,1-7H3,(H,42,48)(H,44,51)/b15-14+/t23-,24+,29-,31-,37?/m0/s1. The first kappa shape index (κ1) is 43.2. The summed E-state index contributed by atoms with van der Waals surface area (Å²) >= 11 is 17.1. The first-order chi connectivity index (χ1) is 25.2. The predicted octanol–water partition coefficient (Wildman–Crippen LogP) is 5.50. The molecule has 3 heterocycles. The van der Waals surface area contributed by atoms with E-state index in [4.69, 9.17) is 54.0 Å². The van der Waals surface area contributed by atoms with Crippen LogP contribution in [0.3, 0.4) is 0 Å². The molecule has 1 aromatic heterocycles. The van der Waals surface area contributed by atoms with E-state index in [9.17, 15) is 24.0 Å². The number of pyridine rings is 1. The van der Waals surface area contributed by atoms with Crippen molar-refractivity contribution in [2.75, 3.05) is 19.8 Å². The Morgan fingerprint density at radius 1 is 1.09 bits per heavy atom. The van der Waals surface area contributed by atoms with Crippen LogP contribution in [0, 0.1) is 11.3 Å². The Kier molecular flexibility index (Phi) is 14.4. The molecule has 2 aliphatic rings. The van der Waals surface area contributed by atoms with Crippen LogP contribution in [0.2, 0.25) is 0 Å². The molecule has 2 aromatic rings. The maximum absolute atomic E-state index is 14.3. The van der Waals surface area contributed by atoms with Crippen molar-refractivity contribution >= 4 is 81.4 Å². The maximum atomic E-state index is 14.3. The third-order valence-electron chi connectivity index (χ3n) is 9.41. The number of hydrazine groups is 1. The summed E-state index contributed by atoms with van der Waals surface area (Å²) in [5.74, 6) is -2.73. The Morgan fingerprint density at radius 3 is 2.44 bits per heavy atom. The molecular formula is C38H50Cl3N5O8. The Hall–Kier alpha value is -3.49. The summed E-state index contributed by atoms with van der Waals surface area (Å²) in [6.07, 6.45) is 4.87. The van der Waals surface area contributed by atoms with Crippen LogP contribution in [0.4, 0.5) is 0 Å². The fourth-order valence-electron chi connectivity index (χ4n) is 6.65. The molecule has 0 saturated carbocycles. The van der Waals surface area contributed by atoms with E-state index in [0.29, 0.717) is 50.0 Å². The summed E-state index contributed by atoms with van der Waals surface area (Å²) < 4.78 is 14.6. The van der Waals surface area contributed by atoms with Gasteiger partial charge in [-0.1, -0.05) is 79.0 Å². The molecule has 16 heteroatoms. The molecule has 2 saturated heterocycles. The van der Waals surface area contributed by atoms with Crippen LogP contribution in [0.1, 0.15) is 91.5 Å². The number of amides is 3. The molecule has 2 aliphatic heterocycles. The number of alkyl halides is 3. The number of carbonyl (C=O) groups is 5. The van der Waals surface area contributed by atoms with Gasteiger partial charge in [-0.05, 0) is 77.0 Å². The van der Waals surface area contributed by atoms with Crippen LogP contribution >= 0.6 is 34.8 Å². The number of nitrogens with zero attached hydrogens (tertiary/aromatic N) is 2. The van der Waals surface area contributed by atoms with E-state index in [1.807, 2.05) is 70.2 Å². The number of carbonyl (C=O) groups excluding carboxylic acids is 5. The Labute approximate surface area is 331 Å². The van der Waals surface area contributed by atoms with Gasteiger partial charge in [-0.15, -0.1) is 0 Å². The van der Waals surface area contributed by atoms with E-state index in [-0.39, 0.29) is 11.8 Å². The smallest absolute Gasteiger partial charge is 0.325 e. The van der Waals surface area contributed by atoms with Crippen molar-refractivity contribution in [3.8, 4) is 0 Å². The number of aromatic nitrogens is 1. The number of hydrogen-bond acceptors (Lipinski definition) is 10. The average molecular weight is 811 g/mol. The highest BCUT2D eigenvalue weighted by molar-refractivity contribution is 6.67. The van der Waals surface area contributed by atoms with Crippen molar-refractivity contribution in [2.24, 2.45) is 11.3 Å². The molecule has 3 N–H and O–H groups in total. The fraction of sp³-hybridized carbons (Fsp3) is 0.579. The fourth-order valence-corrected chi connectivity index (χ4v) is 6.82. The predicted molar refractivity (Wildman–Crippen MR) is 206 cm³/mol. The summed E-state index contributed by atoms with van der Waals surface area (Å²) in [5.41, 5.74) is 3.32. The Morgan fingerprint density at radius 2 is 1.80 bits per heavy atom. The van der Waals surface area contributed by atoms with Crippen LogP contribution in [-0.2, 0) is 38.2 Å². The third kappa shape index (κ3) is 11.8. The molecule has 296 valence electrons. The van der Waals surface area contributed by atoms with Crippen LogP contribution < -0.4 is 16.1 Å². The van der Waals surface area contributed by atoms with Gasteiger partial charge in [0.2, 0.25) is 15.6 Å². The topological polar surface area (TPSA) is 165 Å². The van der Waals surface area contributed by atoms with Gasteiger partial charge < -0.3 is 24.8 Å². The molecule has 1 unspecified atom stereocenters. The average Bonchev–Trinajstić information content (AvgIpc) is 3.09. The summed E-state index contributed by atoms with van der Waals surface area (Å²) in [6, 6.07) is 6.71. The van der Waals surface area contributed by atoms with Crippen molar-refractivity contribution in [1.82, 2.24) is 26.1 Å². The second-order valence-corrected chi connectivity index (χ2v) is 17.4. The molecule has 0 radical (unpaired) electrons. The molecule has 2 fully saturated rings. The van der Waals surface area contributed by atoms with Gasteiger partial charge in [-0.2, -0.15) is 0 Å². The number of nitrogens with one attached hydrogen (secondary N) is 3. The van der Waals surface area contributed by atoms with E-state index in [1.54, 1.807) is 6.92 Å². The summed E-state index contributed by atoms with van der Waals surface area (Å²) in [4.78, 5) is 70.2. The van der Waals surface area contributed by atoms with E-state index in [1.165, 1.54) is 18.9 Å². The van der Waals surface area contributed by atoms with Crippen molar-refractivity contribution < 1.29 is 38.2 Å². The zero-order chi connectivity index (χ0) is 40.0. The van der Waals surface area contributed by atoms with Crippen LogP contribution in [-0.4, -0.2) is 86.9 Å². The summed E-state index contributed by atoms with van der Waals surface area (Å²) in [5, 5.41) is 7.92. The van der Waals surface area contributed by atoms with Gasteiger partial charge in [0, 0.05) is 25.5 Å². The quantitative estimate of drug-likeness (QED) is 0.184. The minimum absolute atomic E-state index is 0.298.